The van der Waals surface area contributed by atoms with Crippen molar-refractivity contribution in [2.75, 3.05) is 7.11 Å². The van der Waals surface area contributed by atoms with Gasteiger partial charge in [0, 0.05) is 26.3 Å². The van der Waals surface area contributed by atoms with Crippen molar-refractivity contribution < 1.29 is 19.4 Å². The Morgan fingerprint density at radius 1 is 1.32 bits per heavy atom. The predicted molar refractivity (Wildman–Crippen MR) is 116 cm³/mol. The predicted octanol–water partition coefficient (Wildman–Crippen LogP) is 2.08. The average molecular weight is 431 g/mol. The quantitative estimate of drug-likeness (QED) is 0.614. The second-order valence-electron chi connectivity index (χ2n) is 10.3. The number of nitrogens with one attached hydrogen (secondary N) is 2. The molecule has 8 heteroatoms. The molecule has 31 heavy (non-hydrogen) atoms. The maximum Gasteiger partial charge on any atom is 0.255 e. The number of aromatic nitrogens is 2. The maximum absolute atomic E-state index is 13.2. The van der Waals surface area contributed by atoms with Gasteiger partial charge in [-0.3, -0.25) is 9.59 Å². The van der Waals surface area contributed by atoms with Crippen molar-refractivity contribution in [2.45, 2.75) is 76.7 Å². The van der Waals surface area contributed by atoms with Gasteiger partial charge in [0.25, 0.3) is 5.91 Å². The van der Waals surface area contributed by atoms with Crippen LogP contribution in [0, 0.1) is 17.8 Å². The molecule has 170 valence electrons. The van der Waals surface area contributed by atoms with Crippen LogP contribution in [0.25, 0.3) is 6.20 Å². The fourth-order valence-electron chi connectivity index (χ4n) is 6.18. The summed E-state index contributed by atoms with van der Waals surface area (Å²) in [5.41, 5.74) is 0.0919. The molecule has 0 spiro atoms. The fraction of sp³-hybridized carbons (Fsp3) is 0.696. The van der Waals surface area contributed by atoms with Crippen LogP contribution in [0.3, 0.4) is 0 Å². The van der Waals surface area contributed by atoms with E-state index in [1.807, 2.05) is 19.9 Å². The number of amides is 2. The molecule has 0 aliphatic heterocycles. The molecular formula is C23H34N4O4. The Hall–Kier alpha value is -2.19. The minimum absolute atomic E-state index is 0.109. The first-order valence-electron chi connectivity index (χ1n) is 11.2. The van der Waals surface area contributed by atoms with E-state index in [9.17, 15) is 14.7 Å². The zero-order chi connectivity index (χ0) is 22.4. The summed E-state index contributed by atoms with van der Waals surface area (Å²) in [4.78, 5) is 24.6. The molecule has 4 aliphatic carbocycles. The van der Waals surface area contributed by atoms with Crippen LogP contribution in [0.1, 0.15) is 68.9 Å². The fourth-order valence-corrected chi connectivity index (χ4v) is 6.18. The molecule has 4 bridgehead atoms. The number of ether oxygens (including phenoxy) is 1. The van der Waals surface area contributed by atoms with Gasteiger partial charge in [0.05, 0.1) is 35.2 Å². The monoisotopic (exact) mass is 430 g/mol. The van der Waals surface area contributed by atoms with Gasteiger partial charge < -0.3 is 20.5 Å². The van der Waals surface area contributed by atoms with Gasteiger partial charge in [-0.25, -0.2) is 4.68 Å². The maximum atomic E-state index is 13.2. The van der Waals surface area contributed by atoms with E-state index >= 15 is 0 Å². The molecule has 0 radical (unpaired) electrons. The van der Waals surface area contributed by atoms with Crippen molar-refractivity contribution in [1.82, 2.24) is 20.4 Å². The molecule has 0 saturated heterocycles. The highest BCUT2D eigenvalue weighted by Gasteiger charge is 2.55. The van der Waals surface area contributed by atoms with Crippen LogP contribution in [-0.4, -0.2) is 51.0 Å². The number of hydrogen-bond donors (Lipinski definition) is 3. The largest absolute Gasteiger partial charge is 0.390 e. The van der Waals surface area contributed by atoms with Crippen LogP contribution in [-0.2, 0) is 16.1 Å². The number of hydrogen-bond acceptors (Lipinski definition) is 5. The SMILES string of the molecule is COCc1c(C(=O)NC2C3CC4CC2CC(O)(C4)C3)cnn1/C=C/C(C)(C)NC(C)=O. The second kappa shape index (κ2) is 8.06. The molecule has 2 amide bonds. The van der Waals surface area contributed by atoms with E-state index in [1.165, 1.54) is 6.92 Å². The number of rotatable bonds is 7. The summed E-state index contributed by atoms with van der Waals surface area (Å²) < 4.78 is 6.96. The van der Waals surface area contributed by atoms with Crippen molar-refractivity contribution in [3.8, 4) is 0 Å². The summed E-state index contributed by atoms with van der Waals surface area (Å²) in [6, 6.07) is 0.109. The summed E-state index contributed by atoms with van der Waals surface area (Å²) in [7, 11) is 1.59. The van der Waals surface area contributed by atoms with E-state index in [0.29, 0.717) is 29.0 Å². The van der Waals surface area contributed by atoms with Crippen molar-refractivity contribution in [1.29, 1.82) is 0 Å². The first-order valence-corrected chi connectivity index (χ1v) is 11.2. The lowest BCUT2D eigenvalue weighted by Crippen LogP contribution is -2.61. The van der Waals surface area contributed by atoms with E-state index in [0.717, 1.165) is 32.1 Å². The van der Waals surface area contributed by atoms with Gasteiger partial charge in [0.15, 0.2) is 0 Å². The standard InChI is InChI=1S/C23H34N4O4/c1-14(28)26-22(2,3)5-6-27-19(13-31-4)18(12-24-27)21(29)25-20-16-7-15-8-17(20)11-23(30,9-15)10-16/h5-6,12,15-17,20,30H,7-11,13H2,1-4H3,(H,25,29)(H,26,28)/b6-5+. The Labute approximate surface area is 183 Å². The first-order chi connectivity index (χ1) is 14.6. The van der Waals surface area contributed by atoms with Gasteiger partial charge in [-0.1, -0.05) is 0 Å². The molecule has 4 aliphatic rings. The highest BCUT2D eigenvalue weighted by Crippen LogP contribution is 2.55. The van der Waals surface area contributed by atoms with Crippen molar-refractivity contribution in [3.05, 3.63) is 23.5 Å². The molecule has 1 heterocycles. The van der Waals surface area contributed by atoms with Crippen LogP contribution in [0.2, 0.25) is 0 Å². The number of carbonyl (C=O) groups excluding carboxylic acids is 2. The van der Waals surface area contributed by atoms with Gasteiger partial charge in [-0.15, -0.1) is 0 Å². The van der Waals surface area contributed by atoms with E-state index in [-0.39, 0.29) is 24.5 Å². The van der Waals surface area contributed by atoms with Crippen LogP contribution in [0.15, 0.2) is 12.3 Å². The molecular weight excluding hydrogens is 396 g/mol. The molecule has 5 rings (SSSR count). The van der Waals surface area contributed by atoms with E-state index in [2.05, 4.69) is 15.7 Å². The number of aliphatic hydroxyl groups is 1. The first kappa shape index (κ1) is 22.0. The van der Waals surface area contributed by atoms with Crippen LogP contribution < -0.4 is 10.6 Å². The number of methoxy groups -OCH3 is 1. The van der Waals surface area contributed by atoms with Gasteiger partial charge >= 0.3 is 0 Å². The molecule has 4 fully saturated rings. The molecule has 1 aromatic heterocycles. The lowest BCUT2D eigenvalue weighted by Gasteiger charge is -2.58. The number of carbonyl (C=O) groups is 2. The Kier molecular flexibility index (Phi) is 5.72. The molecule has 1 aromatic rings. The van der Waals surface area contributed by atoms with E-state index in [4.69, 9.17) is 4.74 Å². The molecule has 2 atom stereocenters. The van der Waals surface area contributed by atoms with Gasteiger partial charge in [-0.2, -0.15) is 5.10 Å². The number of nitrogens with zero attached hydrogens (tertiary/aromatic N) is 2. The molecule has 2 unspecified atom stereocenters. The molecule has 0 aromatic carbocycles. The minimum atomic E-state index is -0.550. The highest BCUT2D eigenvalue weighted by molar-refractivity contribution is 5.95. The summed E-state index contributed by atoms with van der Waals surface area (Å²) >= 11 is 0. The third-order valence-corrected chi connectivity index (χ3v) is 7.09. The average Bonchev–Trinajstić information content (AvgIpc) is 3.04. The third-order valence-electron chi connectivity index (χ3n) is 7.09. The van der Waals surface area contributed by atoms with Gasteiger partial charge in [-0.05, 0) is 69.8 Å². The van der Waals surface area contributed by atoms with Crippen molar-refractivity contribution in [2.24, 2.45) is 17.8 Å². The Morgan fingerprint density at radius 3 is 2.58 bits per heavy atom. The normalized spacial score (nSPS) is 31.9. The van der Waals surface area contributed by atoms with Crippen LogP contribution >= 0.6 is 0 Å². The highest BCUT2D eigenvalue weighted by atomic mass is 16.5. The van der Waals surface area contributed by atoms with Gasteiger partial charge in [0.1, 0.15) is 0 Å². The van der Waals surface area contributed by atoms with E-state index < -0.39 is 11.1 Å². The summed E-state index contributed by atoms with van der Waals surface area (Å²) in [5.74, 6) is 1.03. The minimum Gasteiger partial charge on any atom is -0.390 e. The molecule has 3 N–H and O–H groups in total. The zero-order valence-corrected chi connectivity index (χ0v) is 18.9. The van der Waals surface area contributed by atoms with Crippen molar-refractivity contribution in [3.63, 3.8) is 0 Å². The lowest BCUT2D eigenvalue weighted by atomic mass is 9.52. The zero-order valence-electron chi connectivity index (χ0n) is 18.9. The Bertz CT molecular complexity index is 874. The second-order valence-corrected chi connectivity index (χ2v) is 10.3. The summed E-state index contributed by atoms with van der Waals surface area (Å²) in [6.45, 7) is 5.49. The summed E-state index contributed by atoms with van der Waals surface area (Å²) in [5, 5.41) is 21.3. The Morgan fingerprint density at radius 2 is 2.00 bits per heavy atom. The smallest absolute Gasteiger partial charge is 0.255 e. The molecule has 8 nitrogen and oxygen atoms in total. The van der Waals surface area contributed by atoms with Crippen LogP contribution in [0.4, 0.5) is 0 Å². The lowest BCUT2D eigenvalue weighted by molar-refractivity contribution is -0.137. The molecule has 4 saturated carbocycles. The summed E-state index contributed by atoms with van der Waals surface area (Å²) in [6.07, 6.45) is 9.84. The van der Waals surface area contributed by atoms with Gasteiger partial charge in [0.2, 0.25) is 5.91 Å². The van der Waals surface area contributed by atoms with E-state index in [1.54, 1.807) is 24.2 Å². The topological polar surface area (TPSA) is 105 Å². The van der Waals surface area contributed by atoms with Crippen molar-refractivity contribution >= 4 is 18.0 Å². The third kappa shape index (κ3) is 4.55. The Balaban J connectivity index is 1.50. The van der Waals surface area contributed by atoms with Crippen LogP contribution in [0.5, 0.6) is 0 Å².